The van der Waals surface area contributed by atoms with E-state index in [1.807, 2.05) is 6.92 Å². The van der Waals surface area contributed by atoms with Gasteiger partial charge in [0.15, 0.2) is 5.43 Å². The first-order valence-electron chi connectivity index (χ1n) is 13.4. The Morgan fingerprint density at radius 2 is 1.59 bits per heavy atom. The summed E-state index contributed by atoms with van der Waals surface area (Å²) in [7, 11) is 3.00. The number of hydrogen-bond acceptors (Lipinski definition) is 6. The molecular formula is C32H33FN2O6. The second-order valence-corrected chi connectivity index (χ2v) is 9.64. The molecule has 41 heavy (non-hydrogen) atoms. The first-order valence-corrected chi connectivity index (χ1v) is 13.4. The average molecular weight is 561 g/mol. The number of ether oxygens (including phenoxy) is 2. The van der Waals surface area contributed by atoms with Crippen LogP contribution >= 0.6 is 0 Å². The molecule has 0 fully saturated rings. The third kappa shape index (κ3) is 7.30. The smallest absolute Gasteiger partial charge is 0.254 e. The third-order valence-corrected chi connectivity index (χ3v) is 6.75. The highest BCUT2D eigenvalue weighted by molar-refractivity contribution is 5.97. The van der Waals surface area contributed by atoms with E-state index >= 15 is 0 Å². The summed E-state index contributed by atoms with van der Waals surface area (Å²) in [5.41, 5.74) is 1.50. The summed E-state index contributed by atoms with van der Waals surface area (Å²) in [4.78, 5) is 43.7. The third-order valence-electron chi connectivity index (χ3n) is 6.75. The Hall–Kier alpha value is -4.66. The molecule has 0 bridgehead atoms. The molecule has 4 aromatic rings. The molecule has 0 aliphatic rings. The normalized spacial score (nSPS) is 10.8. The van der Waals surface area contributed by atoms with Crippen LogP contribution in [-0.2, 0) is 17.9 Å². The van der Waals surface area contributed by atoms with E-state index < -0.39 is 5.82 Å². The van der Waals surface area contributed by atoms with Crippen molar-refractivity contribution in [2.24, 2.45) is 0 Å². The fraction of sp³-hybridized carbons (Fsp3) is 0.281. The molecule has 2 amide bonds. The van der Waals surface area contributed by atoms with Gasteiger partial charge in [-0.1, -0.05) is 37.6 Å². The molecule has 0 saturated carbocycles. The number of benzene rings is 3. The Bertz CT molecular complexity index is 1540. The van der Waals surface area contributed by atoms with Crippen molar-refractivity contribution in [2.45, 2.75) is 32.9 Å². The summed E-state index contributed by atoms with van der Waals surface area (Å²) < 4.78 is 29.9. The number of fused-ring (bicyclic) bond motifs is 1. The summed E-state index contributed by atoms with van der Waals surface area (Å²) in [5.74, 6) is -0.213. The molecule has 0 N–H and O–H groups in total. The second-order valence-electron chi connectivity index (χ2n) is 9.64. The lowest BCUT2D eigenvalue weighted by Crippen LogP contribution is -2.43. The molecule has 0 saturated heterocycles. The van der Waals surface area contributed by atoms with Gasteiger partial charge in [0.1, 0.15) is 29.4 Å². The van der Waals surface area contributed by atoms with Crippen LogP contribution in [0, 0.1) is 5.82 Å². The van der Waals surface area contributed by atoms with Crippen molar-refractivity contribution >= 4 is 22.8 Å². The van der Waals surface area contributed by atoms with E-state index in [2.05, 4.69) is 0 Å². The Morgan fingerprint density at radius 1 is 0.902 bits per heavy atom. The van der Waals surface area contributed by atoms with Gasteiger partial charge in [-0.3, -0.25) is 14.4 Å². The lowest BCUT2D eigenvalue weighted by molar-refractivity contribution is -0.133. The first kappa shape index (κ1) is 29.3. The number of unbranched alkanes of at least 4 members (excludes halogenated alkanes) is 1. The number of rotatable bonds is 12. The van der Waals surface area contributed by atoms with Crippen molar-refractivity contribution < 1.29 is 27.9 Å². The molecule has 3 aromatic carbocycles. The zero-order chi connectivity index (χ0) is 29.4. The molecule has 0 spiro atoms. The van der Waals surface area contributed by atoms with Gasteiger partial charge < -0.3 is 23.7 Å². The summed E-state index contributed by atoms with van der Waals surface area (Å²) >= 11 is 0. The summed E-state index contributed by atoms with van der Waals surface area (Å²) in [6.07, 6.45) is 2.86. The predicted octanol–water partition coefficient (Wildman–Crippen LogP) is 5.42. The molecule has 0 aliphatic heterocycles. The minimum Gasteiger partial charge on any atom is -0.497 e. The van der Waals surface area contributed by atoms with Gasteiger partial charge in [-0.2, -0.15) is 0 Å². The van der Waals surface area contributed by atoms with Crippen molar-refractivity contribution in [3.8, 4) is 11.5 Å². The highest BCUT2D eigenvalue weighted by Crippen LogP contribution is 2.24. The van der Waals surface area contributed by atoms with Crippen molar-refractivity contribution in [3.63, 3.8) is 0 Å². The number of halogens is 1. The van der Waals surface area contributed by atoms with Crippen LogP contribution in [0.15, 0.2) is 82.2 Å². The molecule has 9 heteroatoms. The Labute approximate surface area is 237 Å². The molecule has 0 unspecified atom stereocenters. The van der Waals surface area contributed by atoms with Crippen LogP contribution in [0.3, 0.4) is 0 Å². The van der Waals surface area contributed by atoms with Crippen LogP contribution in [0.2, 0.25) is 0 Å². The Morgan fingerprint density at radius 3 is 2.24 bits per heavy atom. The lowest BCUT2D eigenvalue weighted by Gasteiger charge is -2.28. The zero-order valence-corrected chi connectivity index (χ0v) is 23.4. The number of amides is 2. The van der Waals surface area contributed by atoms with Gasteiger partial charge in [0.05, 0.1) is 38.0 Å². The molecule has 0 atom stereocenters. The predicted molar refractivity (Wildman–Crippen MR) is 153 cm³/mol. The highest BCUT2D eigenvalue weighted by atomic mass is 19.1. The van der Waals surface area contributed by atoms with Crippen LogP contribution in [-0.4, -0.2) is 48.9 Å². The number of methoxy groups -OCH3 is 2. The molecular weight excluding hydrogens is 527 g/mol. The van der Waals surface area contributed by atoms with E-state index in [-0.39, 0.29) is 36.9 Å². The molecule has 1 heterocycles. The molecule has 4 rings (SSSR count). The van der Waals surface area contributed by atoms with Gasteiger partial charge in [0.25, 0.3) is 5.91 Å². The lowest BCUT2D eigenvalue weighted by atomic mass is 10.1. The van der Waals surface area contributed by atoms with Crippen molar-refractivity contribution in [3.05, 3.63) is 106 Å². The van der Waals surface area contributed by atoms with Crippen LogP contribution in [0.5, 0.6) is 11.5 Å². The first-order chi connectivity index (χ1) is 19.8. The van der Waals surface area contributed by atoms with E-state index in [0.29, 0.717) is 52.1 Å². The largest absolute Gasteiger partial charge is 0.497 e. The zero-order valence-electron chi connectivity index (χ0n) is 23.4. The summed E-state index contributed by atoms with van der Waals surface area (Å²) in [6, 6.07) is 17.6. The minimum absolute atomic E-state index is 0.0494. The number of carbonyl (C=O) groups is 2. The van der Waals surface area contributed by atoms with Crippen LogP contribution in [0.25, 0.3) is 11.0 Å². The van der Waals surface area contributed by atoms with E-state index in [1.165, 1.54) is 42.4 Å². The van der Waals surface area contributed by atoms with Crippen LogP contribution in [0.1, 0.15) is 41.3 Å². The molecule has 0 aliphatic carbocycles. The standard InChI is InChI=1S/C32H33FN2O6/c1-4-5-14-34(32(38)23-15-26(39-2)17-27(16-23)40-3)20-30(36)35(18-22-10-12-25(33)13-11-22)19-24-21-41-29-9-7-6-8-28(29)31(24)37/h6-13,15-17,21H,4-5,14,18-20H2,1-3H3. The molecule has 8 nitrogen and oxygen atoms in total. The number of para-hydroxylation sites is 1. The maximum absolute atomic E-state index is 13.8. The van der Waals surface area contributed by atoms with Crippen molar-refractivity contribution in [1.82, 2.24) is 9.80 Å². The quantitative estimate of drug-likeness (QED) is 0.230. The highest BCUT2D eigenvalue weighted by Gasteiger charge is 2.24. The number of nitrogens with zero attached hydrogens (tertiary/aromatic N) is 2. The summed E-state index contributed by atoms with van der Waals surface area (Å²) in [5, 5.41) is 0.408. The van der Waals surface area contributed by atoms with Gasteiger partial charge in [0, 0.05) is 24.7 Å². The maximum Gasteiger partial charge on any atom is 0.254 e. The minimum atomic E-state index is -0.396. The van der Waals surface area contributed by atoms with Gasteiger partial charge in [-0.25, -0.2) is 4.39 Å². The fourth-order valence-corrected chi connectivity index (χ4v) is 4.45. The molecule has 1 aromatic heterocycles. The number of hydrogen-bond donors (Lipinski definition) is 0. The van der Waals surface area contributed by atoms with Crippen LogP contribution < -0.4 is 14.9 Å². The molecule has 214 valence electrons. The number of carbonyl (C=O) groups excluding carboxylic acids is 2. The van der Waals surface area contributed by atoms with Gasteiger partial charge >= 0.3 is 0 Å². The topological polar surface area (TPSA) is 89.3 Å². The second kappa shape index (κ2) is 13.6. The Balaban J connectivity index is 1.65. The molecule has 0 radical (unpaired) electrons. The maximum atomic E-state index is 13.8. The monoisotopic (exact) mass is 560 g/mol. The van der Waals surface area contributed by atoms with Crippen molar-refractivity contribution in [1.29, 1.82) is 0 Å². The Kier molecular flexibility index (Phi) is 9.73. The van der Waals surface area contributed by atoms with E-state index in [0.717, 1.165) is 6.42 Å². The summed E-state index contributed by atoms with van der Waals surface area (Å²) in [6.45, 7) is 2.18. The van der Waals surface area contributed by atoms with Crippen molar-refractivity contribution in [2.75, 3.05) is 27.3 Å². The fourth-order valence-electron chi connectivity index (χ4n) is 4.45. The van der Waals surface area contributed by atoms with Gasteiger partial charge in [-0.15, -0.1) is 0 Å². The van der Waals surface area contributed by atoms with Gasteiger partial charge in [0.2, 0.25) is 5.91 Å². The average Bonchev–Trinajstić information content (AvgIpc) is 3.00. The van der Waals surface area contributed by atoms with Crippen LogP contribution in [0.4, 0.5) is 4.39 Å². The SMILES string of the molecule is CCCCN(CC(=O)N(Cc1ccc(F)cc1)Cc1coc2ccccc2c1=O)C(=O)c1cc(OC)cc(OC)c1. The van der Waals surface area contributed by atoms with E-state index in [1.54, 1.807) is 54.6 Å². The van der Waals surface area contributed by atoms with Gasteiger partial charge in [-0.05, 0) is 48.4 Å². The van der Waals surface area contributed by atoms with E-state index in [9.17, 15) is 18.8 Å². The van der Waals surface area contributed by atoms with E-state index in [4.69, 9.17) is 13.9 Å².